The maximum Gasteiger partial charge on any atom is 0.0532 e. The second kappa shape index (κ2) is 4.36. The van der Waals surface area contributed by atoms with Crippen LogP contribution in [-0.2, 0) is 6.42 Å². The summed E-state index contributed by atoms with van der Waals surface area (Å²) in [5.74, 6) is 0.902. The van der Waals surface area contributed by atoms with E-state index in [9.17, 15) is 0 Å². The number of fused-ring (bicyclic) bond motifs is 3. The van der Waals surface area contributed by atoms with Crippen LogP contribution in [0.5, 0.6) is 0 Å². The van der Waals surface area contributed by atoms with Crippen LogP contribution in [0.2, 0.25) is 0 Å². The lowest BCUT2D eigenvalue weighted by Crippen LogP contribution is -2.47. The quantitative estimate of drug-likeness (QED) is 0.756. The van der Waals surface area contributed by atoms with Crippen LogP contribution in [0.25, 0.3) is 10.9 Å². The van der Waals surface area contributed by atoms with Gasteiger partial charge in [-0.2, -0.15) is 0 Å². The number of rotatable bonds is 1. The average molecular weight is 280 g/mol. The van der Waals surface area contributed by atoms with Gasteiger partial charge in [0.15, 0.2) is 0 Å². The molecular formula is C19H24N2. The lowest BCUT2D eigenvalue weighted by atomic mass is 9.76. The first-order valence-corrected chi connectivity index (χ1v) is 8.74. The van der Waals surface area contributed by atoms with Gasteiger partial charge in [-0.3, -0.25) is 4.90 Å². The molecule has 5 rings (SSSR count). The number of benzene rings is 1. The fraction of sp³-hybridized carbons (Fsp3) is 0.579. The minimum absolute atomic E-state index is 0.720. The highest BCUT2D eigenvalue weighted by atomic mass is 15.2. The summed E-state index contributed by atoms with van der Waals surface area (Å²) < 4.78 is 2.74. The van der Waals surface area contributed by atoms with E-state index >= 15 is 0 Å². The molecule has 0 spiro atoms. The van der Waals surface area contributed by atoms with Crippen LogP contribution in [0, 0.1) is 5.92 Å². The van der Waals surface area contributed by atoms with E-state index in [0.29, 0.717) is 0 Å². The molecule has 0 aliphatic carbocycles. The summed E-state index contributed by atoms with van der Waals surface area (Å²) in [6.45, 7) is 4.97. The summed E-state index contributed by atoms with van der Waals surface area (Å²) in [5, 5.41) is 1.54. The third-order valence-electron chi connectivity index (χ3n) is 6.26. The van der Waals surface area contributed by atoms with Gasteiger partial charge < -0.3 is 4.57 Å². The van der Waals surface area contributed by atoms with E-state index in [2.05, 4.69) is 40.7 Å². The first-order valence-electron chi connectivity index (χ1n) is 8.74. The molecule has 1 saturated heterocycles. The molecule has 3 atom stereocenters. The molecule has 3 aliphatic rings. The van der Waals surface area contributed by atoms with E-state index in [4.69, 9.17) is 0 Å². The van der Waals surface area contributed by atoms with Crippen LogP contribution < -0.4 is 0 Å². The number of hydrogen-bond donors (Lipinski definition) is 0. The number of aromatic nitrogens is 1. The molecule has 2 aromatic rings. The van der Waals surface area contributed by atoms with E-state index in [-0.39, 0.29) is 0 Å². The third-order valence-corrected chi connectivity index (χ3v) is 6.26. The second-order valence-electron chi connectivity index (χ2n) is 7.18. The standard InChI is InChI=1S/C19H24N2/c1-2-14-12-13-6-5-10-20-11-9-16-15-7-3-4-8-17(15)21(14)19(16)18(13)20/h3-4,7-8,13-14,18H,2,5-6,9-12H2,1H3/t13-,14?,18+/m0/s1. The summed E-state index contributed by atoms with van der Waals surface area (Å²) in [4.78, 5) is 2.79. The van der Waals surface area contributed by atoms with Crippen molar-refractivity contribution in [1.82, 2.24) is 9.47 Å². The number of para-hydroxylation sites is 1. The zero-order valence-electron chi connectivity index (χ0n) is 12.9. The van der Waals surface area contributed by atoms with Crippen molar-refractivity contribution >= 4 is 10.9 Å². The van der Waals surface area contributed by atoms with Crippen LogP contribution in [0.4, 0.5) is 0 Å². The molecule has 3 aliphatic heterocycles. The van der Waals surface area contributed by atoms with Gasteiger partial charge in [-0.25, -0.2) is 0 Å². The Kier molecular flexibility index (Phi) is 2.55. The Morgan fingerprint density at radius 2 is 2.10 bits per heavy atom. The van der Waals surface area contributed by atoms with Gasteiger partial charge in [0.1, 0.15) is 0 Å². The predicted molar refractivity (Wildman–Crippen MR) is 86.6 cm³/mol. The Morgan fingerprint density at radius 1 is 1.19 bits per heavy atom. The van der Waals surface area contributed by atoms with Crippen LogP contribution >= 0.6 is 0 Å². The van der Waals surface area contributed by atoms with Gasteiger partial charge in [0.05, 0.1) is 6.04 Å². The zero-order valence-corrected chi connectivity index (χ0v) is 12.9. The van der Waals surface area contributed by atoms with E-state index < -0.39 is 0 Å². The average Bonchev–Trinajstić information content (AvgIpc) is 2.88. The Balaban J connectivity index is 1.83. The first-order chi connectivity index (χ1) is 10.4. The highest BCUT2D eigenvalue weighted by Crippen LogP contribution is 2.51. The van der Waals surface area contributed by atoms with Gasteiger partial charge in [-0.05, 0) is 56.2 Å². The molecule has 21 heavy (non-hydrogen) atoms. The molecule has 0 saturated carbocycles. The highest BCUT2D eigenvalue weighted by molar-refractivity contribution is 5.86. The fourth-order valence-corrected chi connectivity index (χ4v) is 5.43. The third kappa shape index (κ3) is 1.52. The van der Waals surface area contributed by atoms with Crippen LogP contribution in [-0.4, -0.2) is 22.6 Å². The molecule has 1 fully saturated rings. The molecule has 0 N–H and O–H groups in total. The number of hydrogen-bond acceptors (Lipinski definition) is 1. The molecule has 2 heteroatoms. The molecule has 1 aromatic heterocycles. The van der Waals surface area contributed by atoms with Crippen molar-refractivity contribution in [2.75, 3.05) is 13.1 Å². The molecule has 0 amide bonds. The fourth-order valence-electron chi connectivity index (χ4n) is 5.43. The van der Waals surface area contributed by atoms with Crippen molar-refractivity contribution < 1.29 is 0 Å². The molecule has 1 aromatic carbocycles. The van der Waals surface area contributed by atoms with Crippen LogP contribution in [0.3, 0.4) is 0 Å². The molecule has 0 radical (unpaired) electrons. The minimum Gasteiger partial charge on any atom is -0.340 e. The van der Waals surface area contributed by atoms with Gasteiger partial charge in [0, 0.05) is 29.2 Å². The SMILES string of the molecule is CCC1C[C@@H]2CCCN3CCc4c(n1c1ccccc41)[C@@H]23. The summed E-state index contributed by atoms with van der Waals surface area (Å²) >= 11 is 0. The molecule has 2 nitrogen and oxygen atoms in total. The minimum atomic E-state index is 0.720. The smallest absolute Gasteiger partial charge is 0.0532 e. The number of piperidine rings is 1. The molecule has 1 unspecified atom stereocenters. The van der Waals surface area contributed by atoms with E-state index in [0.717, 1.165) is 18.0 Å². The maximum absolute atomic E-state index is 2.79. The van der Waals surface area contributed by atoms with Gasteiger partial charge in [-0.1, -0.05) is 25.1 Å². The Bertz CT molecular complexity index is 699. The summed E-state index contributed by atoms with van der Waals surface area (Å²) in [7, 11) is 0. The highest BCUT2D eigenvalue weighted by Gasteiger charge is 2.44. The Hall–Kier alpha value is -1.28. The van der Waals surface area contributed by atoms with Crippen molar-refractivity contribution in [2.24, 2.45) is 5.92 Å². The number of nitrogens with zero attached hydrogens (tertiary/aromatic N) is 2. The molecule has 0 bridgehead atoms. The Labute approximate surface area is 126 Å². The monoisotopic (exact) mass is 280 g/mol. The van der Waals surface area contributed by atoms with Gasteiger partial charge in [-0.15, -0.1) is 0 Å². The molecule has 4 heterocycles. The van der Waals surface area contributed by atoms with Crippen molar-refractivity contribution in [3.05, 3.63) is 35.5 Å². The molecular weight excluding hydrogens is 256 g/mol. The summed E-state index contributed by atoms with van der Waals surface area (Å²) in [5.41, 5.74) is 4.88. The van der Waals surface area contributed by atoms with Gasteiger partial charge in [0.25, 0.3) is 0 Å². The van der Waals surface area contributed by atoms with Crippen molar-refractivity contribution in [2.45, 2.75) is 51.1 Å². The topological polar surface area (TPSA) is 8.17 Å². The zero-order chi connectivity index (χ0) is 14.0. The predicted octanol–water partition coefficient (Wildman–Crippen LogP) is 4.31. The molecule has 110 valence electrons. The first kappa shape index (κ1) is 12.3. The van der Waals surface area contributed by atoms with E-state index in [1.165, 1.54) is 56.1 Å². The van der Waals surface area contributed by atoms with Gasteiger partial charge in [0.2, 0.25) is 0 Å². The maximum atomic E-state index is 2.79. The van der Waals surface area contributed by atoms with Crippen molar-refractivity contribution in [3.63, 3.8) is 0 Å². The largest absolute Gasteiger partial charge is 0.340 e. The normalized spacial score (nSPS) is 31.4. The Morgan fingerprint density at radius 3 is 3.00 bits per heavy atom. The second-order valence-corrected chi connectivity index (χ2v) is 7.18. The van der Waals surface area contributed by atoms with Crippen molar-refractivity contribution in [3.8, 4) is 0 Å². The summed E-state index contributed by atoms with van der Waals surface area (Å²) in [6, 6.07) is 10.6. The lowest BCUT2D eigenvalue weighted by Gasteiger charge is -2.49. The van der Waals surface area contributed by atoms with Gasteiger partial charge >= 0.3 is 0 Å². The van der Waals surface area contributed by atoms with Crippen molar-refractivity contribution in [1.29, 1.82) is 0 Å². The van der Waals surface area contributed by atoms with E-state index in [1.54, 1.807) is 11.3 Å². The lowest BCUT2D eigenvalue weighted by molar-refractivity contribution is 0.0461. The van der Waals surface area contributed by atoms with Crippen LogP contribution in [0.15, 0.2) is 24.3 Å². The van der Waals surface area contributed by atoms with Crippen LogP contribution in [0.1, 0.15) is 55.9 Å². The van der Waals surface area contributed by atoms with E-state index in [1.807, 2.05) is 0 Å². The summed E-state index contributed by atoms with van der Waals surface area (Å²) in [6.07, 6.45) is 6.77.